The first-order chi connectivity index (χ1) is 20.8. The summed E-state index contributed by atoms with van der Waals surface area (Å²) in [6, 6.07) is 47.5. The van der Waals surface area contributed by atoms with E-state index in [-0.39, 0.29) is 0 Å². The molecule has 194 valence electrons. The van der Waals surface area contributed by atoms with Gasteiger partial charge in [0.2, 0.25) is 0 Å². The van der Waals surface area contributed by atoms with Crippen molar-refractivity contribution in [3.8, 4) is 16.8 Å². The van der Waals surface area contributed by atoms with Crippen molar-refractivity contribution in [2.75, 3.05) is 0 Å². The molecule has 0 aliphatic carbocycles. The number of hydrogen-bond acceptors (Lipinski definition) is 2. The smallest absolute Gasteiger partial charge is 0.165 e. The van der Waals surface area contributed by atoms with Crippen LogP contribution in [0.2, 0.25) is 0 Å². The second-order valence-corrected chi connectivity index (χ2v) is 11.0. The molecule has 0 bridgehead atoms. The van der Waals surface area contributed by atoms with Crippen LogP contribution in [-0.4, -0.2) is 18.9 Å². The SMILES string of the molecule is c1ccc(-c2ccc3c4ccc5c(c6cccc7c8nc9ccccc9nc8n5c76)c4n(-c4ccccc4)c3c2)cc1. The third-order valence-electron chi connectivity index (χ3n) is 8.82. The number of rotatable bonds is 2. The van der Waals surface area contributed by atoms with Crippen LogP contribution in [0.15, 0.2) is 133 Å². The van der Waals surface area contributed by atoms with Gasteiger partial charge in [-0.3, -0.25) is 4.40 Å². The first-order valence-electron chi connectivity index (χ1n) is 14.3. The van der Waals surface area contributed by atoms with Crippen LogP contribution < -0.4 is 0 Å². The summed E-state index contributed by atoms with van der Waals surface area (Å²) in [4.78, 5) is 10.2. The average molecular weight is 535 g/mol. The van der Waals surface area contributed by atoms with E-state index in [2.05, 4.69) is 118 Å². The molecule has 0 saturated carbocycles. The molecule has 4 heteroatoms. The summed E-state index contributed by atoms with van der Waals surface area (Å²) >= 11 is 0. The molecule has 0 saturated heterocycles. The fourth-order valence-corrected chi connectivity index (χ4v) is 7.05. The van der Waals surface area contributed by atoms with Crippen LogP contribution in [0.5, 0.6) is 0 Å². The molecule has 0 spiro atoms. The minimum Gasteiger partial charge on any atom is -0.309 e. The van der Waals surface area contributed by atoms with Gasteiger partial charge < -0.3 is 4.57 Å². The Labute approximate surface area is 240 Å². The lowest BCUT2D eigenvalue weighted by molar-refractivity contribution is 1.19. The quantitative estimate of drug-likeness (QED) is 0.221. The van der Waals surface area contributed by atoms with Gasteiger partial charge in [-0.25, -0.2) is 9.97 Å². The predicted octanol–water partition coefficient (Wildman–Crippen LogP) is 9.54. The molecule has 4 heterocycles. The zero-order valence-corrected chi connectivity index (χ0v) is 22.5. The van der Waals surface area contributed by atoms with Crippen molar-refractivity contribution in [2.24, 2.45) is 0 Å². The van der Waals surface area contributed by atoms with Crippen molar-refractivity contribution in [1.82, 2.24) is 18.9 Å². The normalized spacial score (nSPS) is 12.3. The van der Waals surface area contributed by atoms with Gasteiger partial charge in [-0.05, 0) is 47.5 Å². The van der Waals surface area contributed by atoms with Gasteiger partial charge in [0.1, 0.15) is 5.52 Å². The highest BCUT2D eigenvalue weighted by molar-refractivity contribution is 6.30. The summed E-state index contributed by atoms with van der Waals surface area (Å²) < 4.78 is 4.78. The van der Waals surface area contributed by atoms with Crippen LogP contribution >= 0.6 is 0 Å². The average Bonchev–Trinajstić information content (AvgIpc) is 3.69. The van der Waals surface area contributed by atoms with E-state index < -0.39 is 0 Å². The lowest BCUT2D eigenvalue weighted by Gasteiger charge is -2.10. The van der Waals surface area contributed by atoms with Gasteiger partial charge in [0.05, 0.1) is 33.1 Å². The highest BCUT2D eigenvalue weighted by atomic mass is 15.0. The lowest BCUT2D eigenvalue weighted by Crippen LogP contribution is -1.94. The fourth-order valence-electron chi connectivity index (χ4n) is 7.05. The molecular weight excluding hydrogens is 512 g/mol. The van der Waals surface area contributed by atoms with E-state index in [1.807, 2.05) is 24.3 Å². The van der Waals surface area contributed by atoms with Crippen molar-refractivity contribution in [1.29, 1.82) is 0 Å². The number of para-hydroxylation sites is 4. The summed E-state index contributed by atoms with van der Waals surface area (Å²) in [7, 11) is 0. The van der Waals surface area contributed by atoms with Crippen LogP contribution in [-0.2, 0) is 0 Å². The lowest BCUT2D eigenvalue weighted by atomic mass is 10.0. The number of benzene rings is 6. The molecule has 0 aliphatic rings. The van der Waals surface area contributed by atoms with Crippen LogP contribution in [0.1, 0.15) is 0 Å². The topological polar surface area (TPSA) is 35.1 Å². The molecule has 10 aromatic rings. The maximum Gasteiger partial charge on any atom is 0.165 e. The zero-order chi connectivity index (χ0) is 27.4. The molecule has 0 fully saturated rings. The van der Waals surface area contributed by atoms with E-state index >= 15 is 0 Å². The van der Waals surface area contributed by atoms with E-state index in [9.17, 15) is 0 Å². The maximum absolute atomic E-state index is 5.16. The molecule has 4 nitrogen and oxygen atoms in total. The number of hydrogen-bond donors (Lipinski definition) is 0. The standard InChI is InChI=1S/C38H22N4/c1-3-10-23(11-4-1)24-18-19-26-27-20-21-32-34(37(27)41(33(26)22-24)25-12-5-2-6-13-25)28-14-9-15-29-35-38(42(32)36(28)29)40-31-17-8-7-16-30(31)39-35/h1-22H. The Balaban J connectivity index is 1.43. The van der Waals surface area contributed by atoms with Gasteiger partial charge in [0, 0.05) is 32.6 Å². The molecule has 4 aromatic heterocycles. The maximum atomic E-state index is 5.16. The van der Waals surface area contributed by atoms with Crippen LogP contribution in [0.3, 0.4) is 0 Å². The second-order valence-electron chi connectivity index (χ2n) is 11.0. The minimum atomic E-state index is 0.906. The van der Waals surface area contributed by atoms with Crippen molar-refractivity contribution >= 4 is 71.2 Å². The van der Waals surface area contributed by atoms with E-state index in [1.54, 1.807) is 0 Å². The molecule has 10 rings (SSSR count). The van der Waals surface area contributed by atoms with Gasteiger partial charge in [-0.1, -0.05) is 97.1 Å². The molecular formula is C38H22N4. The van der Waals surface area contributed by atoms with E-state index in [4.69, 9.17) is 9.97 Å². The molecule has 0 radical (unpaired) electrons. The zero-order valence-electron chi connectivity index (χ0n) is 22.5. The summed E-state index contributed by atoms with van der Waals surface area (Å²) in [5.41, 5.74) is 12.0. The molecule has 6 aromatic carbocycles. The molecule has 0 N–H and O–H groups in total. The summed E-state index contributed by atoms with van der Waals surface area (Å²) in [6.45, 7) is 0. The van der Waals surface area contributed by atoms with E-state index in [1.165, 1.54) is 49.2 Å². The van der Waals surface area contributed by atoms with Crippen molar-refractivity contribution in [2.45, 2.75) is 0 Å². The Hall–Kier alpha value is -5.74. The number of aromatic nitrogens is 4. The first-order valence-corrected chi connectivity index (χ1v) is 14.3. The predicted molar refractivity (Wildman–Crippen MR) is 174 cm³/mol. The molecule has 0 amide bonds. The molecule has 0 atom stereocenters. The number of nitrogens with zero attached hydrogens (tertiary/aromatic N) is 4. The second kappa shape index (κ2) is 7.93. The van der Waals surface area contributed by atoms with Crippen LogP contribution in [0.25, 0.3) is 88.0 Å². The van der Waals surface area contributed by atoms with Gasteiger partial charge in [0.25, 0.3) is 0 Å². The summed E-state index contributed by atoms with van der Waals surface area (Å²) in [6.07, 6.45) is 0. The minimum absolute atomic E-state index is 0.906. The van der Waals surface area contributed by atoms with Gasteiger partial charge in [0.15, 0.2) is 5.65 Å². The van der Waals surface area contributed by atoms with Crippen molar-refractivity contribution < 1.29 is 0 Å². The third kappa shape index (κ3) is 2.76. The van der Waals surface area contributed by atoms with Crippen LogP contribution in [0, 0.1) is 0 Å². The highest BCUT2D eigenvalue weighted by Crippen LogP contribution is 2.44. The summed E-state index contributed by atoms with van der Waals surface area (Å²) in [5.74, 6) is 0. The van der Waals surface area contributed by atoms with Crippen LogP contribution in [0.4, 0.5) is 0 Å². The molecule has 0 unspecified atom stereocenters. The van der Waals surface area contributed by atoms with E-state index in [0.29, 0.717) is 0 Å². The Morgan fingerprint density at radius 3 is 2.00 bits per heavy atom. The Morgan fingerprint density at radius 1 is 0.452 bits per heavy atom. The first kappa shape index (κ1) is 22.0. The molecule has 42 heavy (non-hydrogen) atoms. The summed E-state index contributed by atoms with van der Waals surface area (Å²) in [5, 5.41) is 6.09. The Kier molecular flexibility index (Phi) is 4.15. The fraction of sp³-hybridized carbons (Fsp3) is 0. The largest absolute Gasteiger partial charge is 0.309 e. The van der Waals surface area contributed by atoms with Crippen molar-refractivity contribution in [3.63, 3.8) is 0 Å². The van der Waals surface area contributed by atoms with Crippen molar-refractivity contribution in [3.05, 3.63) is 133 Å². The number of fused-ring (bicyclic) bond motifs is 11. The molecule has 0 aliphatic heterocycles. The third-order valence-corrected chi connectivity index (χ3v) is 8.82. The van der Waals surface area contributed by atoms with Gasteiger partial charge in [-0.15, -0.1) is 0 Å². The monoisotopic (exact) mass is 534 g/mol. The van der Waals surface area contributed by atoms with Gasteiger partial charge in [-0.2, -0.15) is 0 Å². The Bertz CT molecular complexity index is 2660. The Morgan fingerprint density at radius 2 is 1.17 bits per heavy atom. The van der Waals surface area contributed by atoms with E-state index in [0.717, 1.165) is 38.8 Å². The highest BCUT2D eigenvalue weighted by Gasteiger charge is 2.24. The van der Waals surface area contributed by atoms with Gasteiger partial charge >= 0.3 is 0 Å².